The van der Waals surface area contributed by atoms with Crippen LogP contribution in [0.3, 0.4) is 0 Å². The summed E-state index contributed by atoms with van der Waals surface area (Å²) in [5.41, 5.74) is 5.92. The average molecular weight is 309 g/mol. The van der Waals surface area contributed by atoms with Crippen LogP contribution in [0.4, 0.5) is 14.5 Å². The Kier molecular flexibility index (Phi) is 3.88. The molecular formula is C15H13F2NO2S. The topological polar surface area (TPSA) is 44.5 Å². The first-order valence-electron chi connectivity index (χ1n) is 6.46. The molecule has 1 heterocycles. The molecule has 0 unspecified atom stereocenters. The first-order valence-corrected chi connectivity index (χ1v) is 7.28. The highest BCUT2D eigenvalue weighted by Gasteiger charge is 2.16. The van der Waals surface area contributed by atoms with Crippen LogP contribution in [0.5, 0.6) is 11.5 Å². The van der Waals surface area contributed by atoms with E-state index >= 15 is 0 Å². The zero-order chi connectivity index (χ0) is 14.8. The number of ether oxygens (including phenoxy) is 2. The van der Waals surface area contributed by atoms with Crippen LogP contribution in [0, 0.1) is 11.6 Å². The molecule has 1 aliphatic heterocycles. The first kappa shape index (κ1) is 14.0. The predicted octanol–water partition coefficient (Wildman–Crippen LogP) is 3.86. The van der Waals surface area contributed by atoms with E-state index in [1.807, 2.05) is 0 Å². The summed E-state index contributed by atoms with van der Waals surface area (Å²) in [5.74, 6) is -0.592. The van der Waals surface area contributed by atoms with E-state index in [0.29, 0.717) is 29.6 Å². The fourth-order valence-electron chi connectivity index (χ4n) is 1.98. The van der Waals surface area contributed by atoms with Gasteiger partial charge in [-0.3, -0.25) is 0 Å². The molecule has 1 aliphatic rings. The van der Waals surface area contributed by atoms with Gasteiger partial charge in [-0.05, 0) is 30.3 Å². The lowest BCUT2D eigenvalue weighted by atomic mass is 10.3. The van der Waals surface area contributed by atoms with Crippen molar-refractivity contribution in [3.05, 3.63) is 42.0 Å². The van der Waals surface area contributed by atoms with Gasteiger partial charge in [-0.25, -0.2) is 8.78 Å². The van der Waals surface area contributed by atoms with Gasteiger partial charge in [-0.1, -0.05) is 11.8 Å². The minimum atomic E-state index is -0.938. The van der Waals surface area contributed by atoms with E-state index in [9.17, 15) is 8.78 Å². The maximum Gasteiger partial charge on any atom is 0.174 e. The number of hydrogen-bond acceptors (Lipinski definition) is 4. The lowest BCUT2D eigenvalue weighted by molar-refractivity contribution is 0.297. The molecule has 3 nitrogen and oxygen atoms in total. The molecule has 0 saturated heterocycles. The monoisotopic (exact) mass is 309 g/mol. The zero-order valence-electron chi connectivity index (χ0n) is 11.1. The summed E-state index contributed by atoms with van der Waals surface area (Å²) in [6.07, 6.45) is 0.808. The lowest BCUT2D eigenvalue weighted by Crippen LogP contribution is -1.97. The zero-order valence-corrected chi connectivity index (χ0v) is 11.9. The van der Waals surface area contributed by atoms with Crippen molar-refractivity contribution < 1.29 is 18.3 Å². The van der Waals surface area contributed by atoms with E-state index in [1.54, 1.807) is 18.2 Å². The van der Waals surface area contributed by atoms with E-state index in [1.165, 1.54) is 6.07 Å². The smallest absolute Gasteiger partial charge is 0.174 e. The fourth-order valence-corrected chi connectivity index (χ4v) is 2.89. The molecule has 3 rings (SSSR count). The third-order valence-electron chi connectivity index (χ3n) is 3.02. The summed E-state index contributed by atoms with van der Waals surface area (Å²) < 4.78 is 38.2. The highest BCUT2D eigenvalue weighted by Crippen LogP contribution is 2.39. The summed E-state index contributed by atoms with van der Waals surface area (Å²) in [6.45, 7) is 1.17. The summed E-state index contributed by atoms with van der Waals surface area (Å²) in [6, 6.07) is 7.64. The Hall–Kier alpha value is -1.95. The quantitative estimate of drug-likeness (QED) is 0.856. The maximum absolute atomic E-state index is 13.8. The van der Waals surface area contributed by atoms with Gasteiger partial charge in [0, 0.05) is 17.0 Å². The second kappa shape index (κ2) is 5.81. The van der Waals surface area contributed by atoms with Gasteiger partial charge in [0.1, 0.15) is 0 Å². The standard InChI is InChI=1S/C15H13F2NO2S/c16-10-3-4-11(18)15(14(10)17)21-9-2-5-12-13(8-9)20-7-1-6-19-12/h2-5,8H,1,6-7,18H2. The van der Waals surface area contributed by atoms with E-state index in [0.717, 1.165) is 24.2 Å². The summed E-state index contributed by atoms with van der Waals surface area (Å²) in [7, 11) is 0. The van der Waals surface area contributed by atoms with Crippen LogP contribution in [-0.4, -0.2) is 13.2 Å². The van der Waals surface area contributed by atoms with Crippen molar-refractivity contribution in [2.45, 2.75) is 16.2 Å². The van der Waals surface area contributed by atoms with Crippen molar-refractivity contribution in [3.63, 3.8) is 0 Å². The maximum atomic E-state index is 13.8. The van der Waals surface area contributed by atoms with Crippen LogP contribution in [0.25, 0.3) is 0 Å². The summed E-state index contributed by atoms with van der Waals surface area (Å²) in [5, 5.41) is 0. The molecule has 0 bridgehead atoms. The van der Waals surface area contributed by atoms with Crippen LogP contribution in [0.2, 0.25) is 0 Å². The second-order valence-corrected chi connectivity index (χ2v) is 5.62. The Morgan fingerprint density at radius 2 is 1.76 bits per heavy atom. The Morgan fingerprint density at radius 1 is 1.00 bits per heavy atom. The molecule has 0 saturated carbocycles. The van der Waals surface area contributed by atoms with Crippen molar-refractivity contribution >= 4 is 17.4 Å². The van der Waals surface area contributed by atoms with Crippen molar-refractivity contribution in [1.29, 1.82) is 0 Å². The minimum absolute atomic E-state index is 0.0736. The molecule has 0 aromatic heterocycles. The Bertz CT molecular complexity index is 679. The third kappa shape index (κ3) is 2.90. The highest BCUT2D eigenvalue weighted by molar-refractivity contribution is 7.99. The summed E-state index contributed by atoms with van der Waals surface area (Å²) >= 11 is 1.06. The van der Waals surface area contributed by atoms with Crippen LogP contribution in [-0.2, 0) is 0 Å². The van der Waals surface area contributed by atoms with Gasteiger partial charge in [0.05, 0.1) is 18.1 Å². The molecule has 6 heteroatoms. The van der Waals surface area contributed by atoms with E-state index in [-0.39, 0.29) is 10.6 Å². The van der Waals surface area contributed by atoms with Gasteiger partial charge in [0.25, 0.3) is 0 Å². The van der Waals surface area contributed by atoms with Gasteiger partial charge in [0.2, 0.25) is 0 Å². The number of fused-ring (bicyclic) bond motifs is 1. The van der Waals surface area contributed by atoms with Gasteiger partial charge in [0.15, 0.2) is 23.1 Å². The molecule has 21 heavy (non-hydrogen) atoms. The number of nitrogens with two attached hydrogens (primary N) is 1. The molecule has 0 amide bonds. The normalized spacial score (nSPS) is 13.8. The Labute approximate surface area is 125 Å². The number of nitrogen functional groups attached to an aromatic ring is 1. The predicted molar refractivity (Wildman–Crippen MR) is 76.9 cm³/mol. The third-order valence-corrected chi connectivity index (χ3v) is 4.13. The lowest BCUT2D eigenvalue weighted by Gasteiger charge is -2.11. The molecule has 0 fully saturated rings. The molecule has 0 aliphatic carbocycles. The molecule has 0 radical (unpaired) electrons. The van der Waals surface area contributed by atoms with E-state index in [2.05, 4.69) is 0 Å². The second-order valence-electron chi connectivity index (χ2n) is 4.54. The molecule has 2 aromatic carbocycles. The van der Waals surface area contributed by atoms with E-state index in [4.69, 9.17) is 15.2 Å². The average Bonchev–Trinajstić information content (AvgIpc) is 2.72. The van der Waals surface area contributed by atoms with Crippen LogP contribution in [0.15, 0.2) is 40.1 Å². The minimum Gasteiger partial charge on any atom is -0.490 e. The van der Waals surface area contributed by atoms with Gasteiger partial charge in [-0.15, -0.1) is 0 Å². The molecular weight excluding hydrogens is 296 g/mol. The van der Waals surface area contributed by atoms with Crippen LogP contribution in [0.1, 0.15) is 6.42 Å². The first-order chi connectivity index (χ1) is 10.1. The van der Waals surface area contributed by atoms with Crippen LogP contribution < -0.4 is 15.2 Å². The molecule has 2 N–H and O–H groups in total. The number of hydrogen-bond donors (Lipinski definition) is 1. The van der Waals surface area contributed by atoms with Crippen molar-refractivity contribution in [3.8, 4) is 11.5 Å². The van der Waals surface area contributed by atoms with Crippen molar-refractivity contribution in [1.82, 2.24) is 0 Å². The number of rotatable bonds is 2. The molecule has 0 atom stereocenters. The number of benzene rings is 2. The van der Waals surface area contributed by atoms with Gasteiger partial charge >= 0.3 is 0 Å². The van der Waals surface area contributed by atoms with Crippen LogP contribution >= 0.6 is 11.8 Å². The number of halogens is 2. The fraction of sp³-hybridized carbons (Fsp3) is 0.200. The Balaban J connectivity index is 1.92. The van der Waals surface area contributed by atoms with Gasteiger partial charge in [-0.2, -0.15) is 0 Å². The SMILES string of the molecule is Nc1ccc(F)c(F)c1Sc1ccc2c(c1)OCCCO2. The number of anilines is 1. The van der Waals surface area contributed by atoms with E-state index < -0.39 is 11.6 Å². The Morgan fingerprint density at radius 3 is 2.57 bits per heavy atom. The largest absolute Gasteiger partial charge is 0.490 e. The molecule has 2 aromatic rings. The summed E-state index contributed by atoms with van der Waals surface area (Å²) in [4.78, 5) is 0.778. The van der Waals surface area contributed by atoms with Crippen molar-refractivity contribution in [2.24, 2.45) is 0 Å². The van der Waals surface area contributed by atoms with Crippen molar-refractivity contribution in [2.75, 3.05) is 18.9 Å². The highest BCUT2D eigenvalue weighted by atomic mass is 32.2. The van der Waals surface area contributed by atoms with Gasteiger partial charge < -0.3 is 15.2 Å². The molecule has 0 spiro atoms. The molecule has 110 valence electrons.